The Morgan fingerprint density at radius 2 is 2.18 bits per heavy atom. The molecule has 1 atom stereocenters. The number of carbonyl (C=O) groups is 1. The fourth-order valence-corrected chi connectivity index (χ4v) is 2.99. The third-order valence-corrected chi connectivity index (χ3v) is 4.13. The lowest BCUT2D eigenvalue weighted by Crippen LogP contribution is -2.30. The van der Waals surface area contributed by atoms with E-state index in [1.54, 1.807) is 6.20 Å². The van der Waals surface area contributed by atoms with Gasteiger partial charge in [-0.25, -0.2) is 0 Å². The molecular weight excluding hydrogens is 276 g/mol. The van der Waals surface area contributed by atoms with E-state index in [2.05, 4.69) is 22.5 Å². The summed E-state index contributed by atoms with van der Waals surface area (Å²) in [4.78, 5) is 14.5. The van der Waals surface area contributed by atoms with Crippen molar-refractivity contribution in [2.75, 3.05) is 26.7 Å². The highest BCUT2D eigenvalue weighted by atomic mass is 16.2. The molecule has 0 radical (unpaired) electrons. The number of amides is 1. The van der Waals surface area contributed by atoms with E-state index in [9.17, 15) is 4.79 Å². The Labute approximate surface area is 130 Å². The van der Waals surface area contributed by atoms with Crippen molar-refractivity contribution in [2.45, 2.75) is 13.0 Å². The van der Waals surface area contributed by atoms with Crippen molar-refractivity contribution in [3.63, 3.8) is 0 Å². The van der Waals surface area contributed by atoms with Gasteiger partial charge in [-0.3, -0.25) is 9.48 Å². The molecule has 2 heterocycles. The zero-order valence-electron chi connectivity index (χ0n) is 12.9. The molecule has 0 spiro atoms. The summed E-state index contributed by atoms with van der Waals surface area (Å²) in [6, 6.07) is 10.1. The summed E-state index contributed by atoms with van der Waals surface area (Å²) in [5.74, 6) is 0.659. The molecule has 116 valence electrons. The molecule has 1 fully saturated rings. The molecule has 2 aromatic rings. The van der Waals surface area contributed by atoms with Gasteiger partial charge in [-0.15, -0.1) is 0 Å². The Balaban J connectivity index is 1.62. The van der Waals surface area contributed by atoms with Crippen molar-refractivity contribution in [1.82, 2.24) is 20.0 Å². The minimum absolute atomic E-state index is 0.0953. The van der Waals surface area contributed by atoms with Crippen molar-refractivity contribution >= 4 is 5.91 Å². The molecule has 5 heteroatoms. The molecule has 3 rings (SSSR count). The largest absolute Gasteiger partial charge is 0.338 e. The fraction of sp³-hybridized carbons (Fsp3) is 0.412. The van der Waals surface area contributed by atoms with E-state index >= 15 is 0 Å². The first-order valence-electron chi connectivity index (χ1n) is 7.76. The lowest BCUT2D eigenvalue weighted by atomic mass is 10.1. The molecular formula is C17H22N4O. The first-order chi connectivity index (χ1) is 10.8. The van der Waals surface area contributed by atoms with E-state index in [0.29, 0.717) is 18.0 Å². The Hall–Kier alpha value is -2.14. The summed E-state index contributed by atoms with van der Waals surface area (Å²) in [6.07, 6.45) is 4.60. The van der Waals surface area contributed by atoms with Gasteiger partial charge in [-0.2, -0.15) is 5.10 Å². The van der Waals surface area contributed by atoms with Crippen LogP contribution in [-0.4, -0.2) is 47.3 Å². The van der Waals surface area contributed by atoms with E-state index in [1.807, 2.05) is 41.0 Å². The van der Waals surface area contributed by atoms with Crippen LogP contribution in [0.3, 0.4) is 0 Å². The standard InChI is InChI=1S/C17H22N4O/c1-18-9-15-7-8-20(11-15)17(22)16-10-19-21(13-16)12-14-5-3-2-4-6-14/h2-6,10,13,15,18H,7-9,11-12H2,1H3. The Morgan fingerprint density at radius 1 is 1.36 bits per heavy atom. The minimum atomic E-state index is 0.0953. The fourth-order valence-electron chi connectivity index (χ4n) is 2.99. The van der Waals surface area contributed by atoms with Gasteiger partial charge in [0, 0.05) is 19.3 Å². The first-order valence-corrected chi connectivity index (χ1v) is 7.76. The topological polar surface area (TPSA) is 50.2 Å². The minimum Gasteiger partial charge on any atom is -0.338 e. The maximum atomic E-state index is 12.5. The van der Waals surface area contributed by atoms with Crippen molar-refractivity contribution in [1.29, 1.82) is 0 Å². The molecule has 5 nitrogen and oxygen atoms in total. The molecule has 1 N–H and O–H groups in total. The smallest absolute Gasteiger partial charge is 0.257 e. The zero-order valence-corrected chi connectivity index (χ0v) is 12.9. The summed E-state index contributed by atoms with van der Waals surface area (Å²) >= 11 is 0. The number of carbonyl (C=O) groups excluding carboxylic acids is 1. The molecule has 1 aromatic heterocycles. The number of aromatic nitrogens is 2. The van der Waals surface area contributed by atoms with Crippen LogP contribution in [0.25, 0.3) is 0 Å². The maximum Gasteiger partial charge on any atom is 0.257 e. The van der Waals surface area contributed by atoms with Gasteiger partial charge in [-0.1, -0.05) is 30.3 Å². The predicted octanol–water partition coefficient (Wildman–Crippen LogP) is 1.61. The van der Waals surface area contributed by atoms with E-state index in [4.69, 9.17) is 0 Å². The molecule has 1 amide bonds. The highest BCUT2D eigenvalue weighted by Crippen LogP contribution is 2.18. The van der Waals surface area contributed by atoms with Gasteiger partial charge < -0.3 is 10.2 Å². The average Bonchev–Trinajstić information content (AvgIpc) is 3.18. The summed E-state index contributed by atoms with van der Waals surface area (Å²) in [6.45, 7) is 3.34. The van der Waals surface area contributed by atoms with Gasteiger partial charge in [0.25, 0.3) is 5.91 Å². The lowest BCUT2D eigenvalue weighted by Gasteiger charge is -2.15. The van der Waals surface area contributed by atoms with E-state index in [1.165, 1.54) is 5.56 Å². The average molecular weight is 298 g/mol. The molecule has 22 heavy (non-hydrogen) atoms. The Kier molecular flexibility index (Phi) is 4.53. The van der Waals surface area contributed by atoms with Gasteiger partial charge in [0.2, 0.25) is 0 Å². The van der Waals surface area contributed by atoms with Gasteiger partial charge in [0.15, 0.2) is 0 Å². The van der Waals surface area contributed by atoms with Gasteiger partial charge >= 0.3 is 0 Å². The number of hydrogen-bond acceptors (Lipinski definition) is 3. The molecule has 1 unspecified atom stereocenters. The van der Waals surface area contributed by atoms with Crippen LogP contribution in [-0.2, 0) is 6.54 Å². The molecule has 1 aromatic carbocycles. The summed E-state index contributed by atoms with van der Waals surface area (Å²) < 4.78 is 1.82. The van der Waals surface area contributed by atoms with E-state index in [-0.39, 0.29) is 5.91 Å². The van der Waals surface area contributed by atoms with Gasteiger partial charge in [0.05, 0.1) is 18.3 Å². The summed E-state index contributed by atoms with van der Waals surface area (Å²) in [5.41, 5.74) is 1.86. The van der Waals surface area contributed by atoms with Crippen LogP contribution >= 0.6 is 0 Å². The van der Waals surface area contributed by atoms with Crippen molar-refractivity contribution in [3.8, 4) is 0 Å². The summed E-state index contributed by atoms with van der Waals surface area (Å²) in [5, 5.41) is 7.50. The molecule has 1 aliphatic heterocycles. The van der Waals surface area contributed by atoms with Crippen molar-refractivity contribution in [2.24, 2.45) is 5.92 Å². The second kappa shape index (κ2) is 6.75. The number of likely N-dealkylation sites (tertiary alicyclic amines) is 1. The molecule has 1 aliphatic rings. The van der Waals surface area contributed by atoms with E-state index < -0.39 is 0 Å². The third-order valence-electron chi connectivity index (χ3n) is 4.13. The predicted molar refractivity (Wildman–Crippen MR) is 85.7 cm³/mol. The van der Waals surface area contributed by atoms with Crippen LogP contribution < -0.4 is 5.32 Å². The quantitative estimate of drug-likeness (QED) is 0.912. The molecule has 0 bridgehead atoms. The number of rotatable bonds is 5. The zero-order chi connectivity index (χ0) is 15.4. The molecule has 0 saturated carbocycles. The second-order valence-electron chi connectivity index (χ2n) is 5.88. The third kappa shape index (κ3) is 3.36. The van der Waals surface area contributed by atoms with Crippen LogP contribution in [0.15, 0.2) is 42.7 Å². The molecule has 1 saturated heterocycles. The van der Waals surface area contributed by atoms with Crippen LogP contribution in [0.1, 0.15) is 22.3 Å². The first kappa shape index (κ1) is 14.8. The van der Waals surface area contributed by atoms with Gasteiger partial charge in [-0.05, 0) is 31.5 Å². The van der Waals surface area contributed by atoms with Crippen LogP contribution in [0.2, 0.25) is 0 Å². The number of benzene rings is 1. The van der Waals surface area contributed by atoms with Crippen molar-refractivity contribution in [3.05, 3.63) is 53.9 Å². The van der Waals surface area contributed by atoms with Crippen LogP contribution in [0.5, 0.6) is 0 Å². The number of nitrogens with zero attached hydrogens (tertiary/aromatic N) is 3. The van der Waals surface area contributed by atoms with Gasteiger partial charge in [0.1, 0.15) is 0 Å². The number of hydrogen-bond donors (Lipinski definition) is 1. The lowest BCUT2D eigenvalue weighted by molar-refractivity contribution is 0.0787. The Morgan fingerprint density at radius 3 is 2.95 bits per heavy atom. The number of nitrogens with one attached hydrogen (secondary N) is 1. The molecule has 0 aliphatic carbocycles. The second-order valence-corrected chi connectivity index (χ2v) is 5.88. The SMILES string of the molecule is CNCC1CCN(C(=O)c2cnn(Cc3ccccc3)c2)C1. The highest BCUT2D eigenvalue weighted by molar-refractivity contribution is 5.93. The Bertz CT molecular complexity index is 623. The monoisotopic (exact) mass is 298 g/mol. The summed E-state index contributed by atoms with van der Waals surface area (Å²) in [7, 11) is 1.96. The normalized spacial score (nSPS) is 17.9. The highest BCUT2D eigenvalue weighted by Gasteiger charge is 2.27. The maximum absolute atomic E-state index is 12.5. The van der Waals surface area contributed by atoms with Crippen LogP contribution in [0, 0.1) is 5.92 Å². The van der Waals surface area contributed by atoms with Crippen LogP contribution in [0.4, 0.5) is 0 Å². The van der Waals surface area contributed by atoms with E-state index in [0.717, 1.165) is 26.1 Å². The van der Waals surface area contributed by atoms with Crippen molar-refractivity contribution < 1.29 is 4.79 Å².